The number of ether oxygens (including phenoxy) is 1. The zero-order valence-electron chi connectivity index (χ0n) is 15.8. The molecular weight excluding hydrogens is 320 g/mol. The summed E-state index contributed by atoms with van der Waals surface area (Å²) in [6.07, 6.45) is 5.42. The van der Waals surface area contributed by atoms with Gasteiger partial charge in [-0.2, -0.15) is 0 Å². The van der Waals surface area contributed by atoms with Gasteiger partial charge >= 0.3 is 5.97 Å². The molecule has 0 heterocycles. The lowest BCUT2D eigenvalue weighted by Crippen LogP contribution is -2.68. The minimum absolute atomic E-state index is 0.00817. The molecule has 0 amide bonds. The molecule has 2 fully saturated rings. The first-order chi connectivity index (χ1) is 11.1. The molecule has 2 saturated carbocycles. The van der Waals surface area contributed by atoms with Gasteiger partial charge in [0.15, 0.2) is 19.7 Å². The summed E-state index contributed by atoms with van der Waals surface area (Å²) in [5.74, 6) is 0.167. The molecule has 0 spiro atoms. The SMILES string of the molecule is COC(=O)[C@@]1(O[Si](C)(C)C)[C@H](C)CC2=CC(=O)[C@H]3CCC[C@@]1(C)[C@@H]23. The van der Waals surface area contributed by atoms with E-state index in [1.54, 1.807) is 0 Å². The first-order valence-electron chi connectivity index (χ1n) is 9.10. The molecule has 24 heavy (non-hydrogen) atoms. The van der Waals surface area contributed by atoms with Crippen LogP contribution in [0.4, 0.5) is 0 Å². The third-order valence-corrected chi connectivity index (χ3v) is 7.37. The molecule has 0 aromatic heterocycles. The average Bonchev–Trinajstić information content (AvgIpc) is 2.79. The van der Waals surface area contributed by atoms with E-state index in [2.05, 4.69) is 33.5 Å². The normalized spacial score (nSPS) is 41.7. The third-order valence-electron chi connectivity index (χ3n) is 6.43. The second-order valence-corrected chi connectivity index (χ2v) is 13.5. The van der Waals surface area contributed by atoms with Gasteiger partial charge in [-0.1, -0.05) is 25.8 Å². The second kappa shape index (κ2) is 5.53. The highest BCUT2D eigenvalue weighted by Gasteiger charge is 2.69. The Morgan fingerprint density at radius 3 is 2.58 bits per heavy atom. The Balaban J connectivity index is 2.19. The van der Waals surface area contributed by atoms with Crippen molar-refractivity contribution in [2.75, 3.05) is 7.11 Å². The predicted octanol–water partition coefficient (Wildman–Crippen LogP) is 3.72. The summed E-state index contributed by atoms with van der Waals surface area (Å²) >= 11 is 0. The van der Waals surface area contributed by atoms with Gasteiger partial charge in [0.25, 0.3) is 0 Å². The van der Waals surface area contributed by atoms with Crippen LogP contribution >= 0.6 is 0 Å². The van der Waals surface area contributed by atoms with Gasteiger partial charge in [-0.3, -0.25) is 4.79 Å². The lowest BCUT2D eigenvalue weighted by Gasteiger charge is -2.61. The lowest BCUT2D eigenvalue weighted by atomic mass is 9.48. The Morgan fingerprint density at radius 2 is 2.00 bits per heavy atom. The van der Waals surface area contributed by atoms with Gasteiger partial charge in [-0.15, -0.1) is 0 Å². The Hall–Kier alpha value is -0.943. The van der Waals surface area contributed by atoms with Gasteiger partial charge < -0.3 is 9.16 Å². The summed E-state index contributed by atoms with van der Waals surface area (Å²) in [4.78, 5) is 25.6. The number of ketones is 1. The molecular formula is C19H30O4Si. The van der Waals surface area contributed by atoms with Gasteiger partial charge in [0.1, 0.15) is 0 Å². The van der Waals surface area contributed by atoms with E-state index >= 15 is 0 Å². The van der Waals surface area contributed by atoms with Crippen LogP contribution in [0.2, 0.25) is 19.6 Å². The molecule has 3 aliphatic carbocycles. The quantitative estimate of drug-likeness (QED) is 0.575. The summed E-state index contributed by atoms with van der Waals surface area (Å²) in [5, 5.41) is 0. The van der Waals surface area contributed by atoms with Crippen molar-refractivity contribution in [1.82, 2.24) is 0 Å². The van der Waals surface area contributed by atoms with Crippen LogP contribution in [0.15, 0.2) is 11.6 Å². The highest BCUT2D eigenvalue weighted by Crippen LogP contribution is 2.64. The Morgan fingerprint density at radius 1 is 1.33 bits per heavy atom. The number of rotatable bonds is 3. The summed E-state index contributed by atoms with van der Waals surface area (Å²) in [5.41, 5.74) is -0.0883. The molecule has 0 unspecified atom stereocenters. The second-order valence-electron chi connectivity index (χ2n) is 9.06. The summed E-state index contributed by atoms with van der Waals surface area (Å²) in [6.45, 7) is 10.6. The highest BCUT2D eigenvalue weighted by atomic mass is 28.4. The van der Waals surface area contributed by atoms with Gasteiger partial charge in [0.05, 0.1) is 7.11 Å². The maximum absolute atomic E-state index is 13.1. The van der Waals surface area contributed by atoms with Crippen molar-refractivity contribution in [3.05, 3.63) is 11.6 Å². The average molecular weight is 351 g/mol. The van der Waals surface area contributed by atoms with Crippen molar-refractivity contribution in [2.45, 2.75) is 64.8 Å². The maximum atomic E-state index is 13.1. The Kier molecular flexibility index (Phi) is 4.12. The fourth-order valence-electron chi connectivity index (χ4n) is 5.80. The topological polar surface area (TPSA) is 52.6 Å². The molecule has 5 atom stereocenters. The molecule has 134 valence electrons. The van der Waals surface area contributed by atoms with Crippen LogP contribution in [0.5, 0.6) is 0 Å². The van der Waals surface area contributed by atoms with Gasteiger partial charge in [0, 0.05) is 11.3 Å². The maximum Gasteiger partial charge on any atom is 0.337 e. The minimum atomic E-state index is -2.01. The molecule has 0 saturated heterocycles. The zero-order chi connectivity index (χ0) is 17.9. The van der Waals surface area contributed by atoms with Crippen molar-refractivity contribution in [1.29, 1.82) is 0 Å². The van der Waals surface area contributed by atoms with Crippen molar-refractivity contribution >= 4 is 20.1 Å². The molecule has 3 rings (SSSR count). The monoisotopic (exact) mass is 350 g/mol. The van der Waals surface area contributed by atoms with Gasteiger partial charge in [-0.05, 0) is 56.8 Å². The molecule has 0 N–H and O–H groups in total. The van der Waals surface area contributed by atoms with Gasteiger partial charge in [0.2, 0.25) is 0 Å². The summed E-state index contributed by atoms with van der Waals surface area (Å²) in [6, 6.07) is 0. The van der Waals surface area contributed by atoms with E-state index in [9.17, 15) is 9.59 Å². The van der Waals surface area contributed by atoms with E-state index in [-0.39, 0.29) is 34.9 Å². The smallest absolute Gasteiger partial charge is 0.337 e. The zero-order valence-corrected chi connectivity index (χ0v) is 16.8. The van der Waals surface area contributed by atoms with E-state index in [4.69, 9.17) is 9.16 Å². The van der Waals surface area contributed by atoms with Crippen LogP contribution in [0.3, 0.4) is 0 Å². The summed E-state index contributed by atoms with van der Waals surface area (Å²) < 4.78 is 12.0. The molecule has 5 heteroatoms. The number of esters is 1. The highest BCUT2D eigenvalue weighted by molar-refractivity contribution is 6.70. The standard InChI is InChI=1S/C19H30O4Si/c1-12-10-13-11-15(20)14-8-7-9-18(2,16(13)14)19(12,17(21)22-3)23-24(4,5)6/h11-12,14,16H,7-10H2,1-6H3/t12-,14-,16+,18+,19+/m1/s1. The van der Waals surface area contributed by atoms with Crippen LogP contribution in [-0.4, -0.2) is 32.8 Å². The van der Waals surface area contributed by atoms with Crippen LogP contribution in [0.25, 0.3) is 0 Å². The van der Waals surface area contributed by atoms with E-state index in [1.165, 1.54) is 12.7 Å². The first kappa shape index (κ1) is 17.9. The number of carbonyl (C=O) groups is 2. The minimum Gasteiger partial charge on any atom is -0.467 e. The molecule has 0 aromatic rings. The van der Waals surface area contributed by atoms with Crippen LogP contribution < -0.4 is 0 Å². The fourth-order valence-corrected chi connectivity index (χ4v) is 7.28. The Labute approximate surface area is 146 Å². The lowest BCUT2D eigenvalue weighted by molar-refractivity contribution is -0.202. The van der Waals surface area contributed by atoms with Crippen molar-refractivity contribution in [3.8, 4) is 0 Å². The van der Waals surface area contributed by atoms with E-state index in [0.29, 0.717) is 0 Å². The van der Waals surface area contributed by atoms with Crippen molar-refractivity contribution < 1.29 is 18.8 Å². The van der Waals surface area contributed by atoms with Gasteiger partial charge in [-0.25, -0.2) is 4.79 Å². The number of allylic oxidation sites excluding steroid dienone is 2. The van der Waals surface area contributed by atoms with Crippen LogP contribution in [-0.2, 0) is 18.8 Å². The third kappa shape index (κ3) is 2.27. The molecule has 0 bridgehead atoms. The summed E-state index contributed by atoms with van der Waals surface area (Å²) in [7, 11) is -0.549. The number of methoxy groups -OCH3 is 1. The van der Waals surface area contributed by atoms with Crippen LogP contribution in [0, 0.1) is 23.2 Å². The predicted molar refractivity (Wildman–Crippen MR) is 95.0 cm³/mol. The van der Waals surface area contributed by atoms with Crippen LogP contribution in [0.1, 0.15) is 39.5 Å². The molecule has 4 nitrogen and oxygen atoms in total. The molecule has 3 aliphatic rings. The van der Waals surface area contributed by atoms with E-state index in [1.807, 2.05) is 6.08 Å². The van der Waals surface area contributed by atoms with Crippen molar-refractivity contribution in [2.24, 2.45) is 23.2 Å². The van der Waals surface area contributed by atoms with Crippen molar-refractivity contribution in [3.63, 3.8) is 0 Å². The molecule has 0 aliphatic heterocycles. The number of hydrogen-bond donors (Lipinski definition) is 0. The molecule has 0 radical (unpaired) electrons. The number of carbonyl (C=O) groups excluding carboxylic acids is 2. The number of hydrogen-bond acceptors (Lipinski definition) is 4. The Bertz CT molecular complexity index is 605. The largest absolute Gasteiger partial charge is 0.467 e. The van der Waals surface area contributed by atoms with E-state index < -0.39 is 13.9 Å². The molecule has 0 aromatic carbocycles. The van der Waals surface area contributed by atoms with E-state index in [0.717, 1.165) is 25.7 Å². The fraction of sp³-hybridized carbons (Fsp3) is 0.789. The first-order valence-corrected chi connectivity index (χ1v) is 12.5.